The van der Waals surface area contributed by atoms with Crippen LogP contribution in [0.2, 0.25) is 0 Å². The van der Waals surface area contributed by atoms with Crippen molar-refractivity contribution < 1.29 is 28.6 Å². The lowest BCUT2D eigenvalue weighted by atomic mass is 9.77. The highest BCUT2D eigenvalue weighted by molar-refractivity contribution is 5.95. The fraction of sp³-hybridized carbons (Fsp3) is 0.400. The molecule has 0 aliphatic carbocycles. The summed E-state index contributed by atoms with van der Waals surface area (Å²) in [5.41, 5.74) is -1.33. The van der Waals surface area contributed by atoms with Gasteiger partial charge in [-0.1, -0.05) is 18.2 Å². The number of esters is 2. The van der Waals surface area contributed by atoms with Gasteiger partial charge in [0.25, 0.3) is 0 Å². The number of hydrogen-bond acceptors (Lipinski definition) is 6. The molecule has 1 aliphatic rings. The van der Waals surface area contributed by atoms with Crippen molar-refractivity contribution in [1.82, 2.24) is 5.32 Å². The summed E-state index contributed by atoms with van der Waals surface area (Å²) < 4.78 is 14.9. The van der Waals surface area contributed by atoms with E-state index in [1.807, 2.05) is 0 Å². The molecule has 0 aromatic heterocycles. The molecule has 22 heavy (non-hydrogen) atoms. The molecule has 1 aromatic carbocycles. The maximum Gasteiger partial charge on any atom is 0.413 e. The largest absolute Gasteiger partial charge is 0.469 e. The van der Waals surface area contributed by atoms with Gasteiger partial charge in [0.05, 0.1) is 19.6 Å². The number of para-hydroxylation sites is 1. The normalized spacial score (nSPS) is 21.0. The number of carbonyl (C=O) groups is 3. The molecule has 0 radical (unpaired) electrons. The van der Waals surface area contributed by atoms with E-state index in [4.69, 9.17) is 14.2 Å². The predicted octanol–water partition coefficient (Wildman–Crippen LogP) is 1.36. The van der Waals surface area contributed by atoms with E-state index in [0.717, 1.165) is 0 Å². The second-order valence-corrected chi connectivity index (χ2v) is 4.78. The summed E-state index contributed by atoms with van der Waals surface area (Å²) >= 11 is 0. The van der Waals surface area contributed by atoms with E-state index in [-0.39, 0.29) is 12.4 Å². The van der Waals surface area contributed by atoms with Gasteiger partial charge in [-0.3, -0.25) is 4.79 Å². The van der Waals surface area contributed by atoms with Crippen molar-refractivity contribution in [3.63, 3.8) is 0 Å². The van der Waals surface area contributed by atoms with Gasteiger partial charge in [0.2, 0.25) is 0 Å². The van der Waals surface area contributed by atoms with Crippen LogP contribution in [-0.4, -0.2) is 31.7 Å². The molecule has 1 aliphatic heterocycles. The molecule has 0 fully saturated rings. The first-order valence-corrected chi connectivity index (χ1v) is 6.81. The lowest BCUT2D eigenvalue weighted by Crippen LogP contribution is -2.61. The molecule has 0 saturated carbocycles. The Bertz CT molecular complexity index is 614. The third kappa shape index (κ3) is 2.38. The summed E-state index contributed by atoms with van der Waals surface area (Å²) in [6.07, 6.45) is -0.831. The van der Waals surface area contributed by atoms with Crippen LogP contribution in [0.3, 0.4) is 0 Å². The Morgan fingerprint density at radius 2 is 2.05 bits per heavy atom. The molecule has 0 saturated heterocycles. The zero-order valence-corrected chi connectivity index (χ0v) is 12.5. The molecule has 1 N–H and O–H groups in total. The minimum atomic E-state index is -1.69. The van der Waals surface area contributed by atoms with Crippen LogP contribution >= 0.6 is 0 Å². The molecule has 0 bridgehead atoms. The van der Waals surface area contributed by atoms with Crippen molar-refractivity contribution >= 4 is 18.0 Å². The third-order valence-corrected chi connectivity index (χ3v) is 3.62. The molecule has 7 nitrogen and oxygen atoms in total. The summed E-state index contributed by atoms with van der Waals surface area (Å²) in [7, 11) is 1.21. The maximum absolute atomic E-state index is 12.6. The van der Waals surface area contributed by atoms with Crippen LogP contribution in [0.1, 0.15) is 19.4 Å². The Balaban J connectivity index is 2.65. The molecule has 118 valence electrons. The van der Waals surface area contributed by atoms with Crippen molar-refractivity contribution in [2.24, 2.45) is 5.92 Å². The number of ether oxygens (including phenoxy) is 3. The quantitative estimate of drug-likeness (QED) is 0.845. The van der Waals surface area contributed by atoms with Crippen LogP contribution in [0.15, 0.2) is 24.3 Å². The second kappa shape index (κ2) is 6.05. The second-order valence-electron chi connectivity index (χ2n) is 4.78. The highest BCUT2D eigenvalue weighted by atomic mass is 16.6. The summed E-state index contributed by atoms with van der Waals surface area (Å²) in [6, 6.07) is 6.49. The van der Waals surface area contributed by atoms with E-state index in [0.29, 0.717) is 5.56 Å². The van der Waals surface area contributed by atoms with Gasteiger partial charge in [-0.05, 0) is 19.9 Å². The summed E-state index contributed by atoms with van der Waals surface area (Å²) in [5, 5.41) is 2.45. The number of benzene rings is 1. The van der Waals surface area contributed by atoms with E-state index in [2.05, 4.69) is 5.32 Å². The topological polar surface area (TPSA) is 90.9 Å². The SMILES string of the molecule is CCOC(=O)C1(C(C)C(=O)OC)NC(=O)Oc2ccccc21. The van der Waals surface area contributed by atoms with Crippen molar-refractivity contribution in [3.8, 4) is 5.75 Å². The molecule has 1 amide bonds. The van der Waals surface area contributed by atoms with Gasteiger partial charge in [-0.2, -0.15) is 0 Å². The number of carbonyl (C=O) groups excluding carboxylic acids is 3. The van der Waals surface area contributed by atoms with E-state index in [9.17, 15) is 14.4 Å². The first kappa shape index (κ1) is 15.8. The van der Waals surface area contributed by atoms with Gasteiger partial charge in [-0.15, -0.1) is 0 Å². The molecule has 1 heterocycles. The van der Waals surface area contributed by atoms with E-state index < -0.39 is 29.5 Å². The first-order chi connectivity index (χ1) is 10.5. The van der Waals surface area contributed by atoms with Gasteiger partial charge in [0.1, 0.15) is 5.75 Å². The van der Waals surface area contributed by atoms with Crippen molar-refractivity contribution in [3.05, 3.63) is 29.8 Å². The zero-order valence-electron chi connectivity index (χ0n) is 12.5. The van der Waals surface area contributed by atoms with Crippen LogP contribution in [0.25, 0.3) is 0 Å². The number of hydrogen-bond donors (Lipinski definition) is 1. The van der Waals surface area contributed by atoms with Crippen LogP contribution in [0.5, 0.6) is 5.75 Å². The lowest BCUT2D eigenvalue weighted by Gasteiger charge is -2.39. The highest BCUT2D eigenvalue weighted by Crippen LogP contribution is 2.40. The highest BCUT2D eigenvalue weighted by Gasteiger charge is 2.55. The van der Waals surface area contributed by atoms with E-state index >= 15 is 0 Å². The lowest BCUT2D eigenvalue weighted by molar-refractivity contribution is -0.163. The molecular formula is C15H17NO6. The predicted molar refractivity (Wildman–Crippen MR) is 75.1 cm³/mol. The average molecular weight is 307 g/mol. The fourth-order valence-corrected chi connectivity index (χ4v) is 2.51. The van der Waals surface area contributed by atoms with Gasteiger partial charge in [0.15, 0.2) is 5.54 Å². The van der Waals surface area contributed by atoms with Gasteiger partial charge >= 0.3 is 18.0 Å². The number of rotatable bonds is 4. The summed E-state index contributed by atoms with van der Waals surface area (Å²) in [5.74, 6) is -2.18. The Hall–Kier alpha value is -2.57. The summed E-state index contributed by atoms with van der Waals surface area (Å²) in [4.78, 5) is 36.5. The van der Waals surface area contributed by atoms with E-state index in [1.165, 1.54) is 14.0 Å². The van der Waals surface area contributed by atoms with Crippen LogP contribution in [0, 0.1) is 5.92 Å². The molecule has 0 spiro atoms. The smallest absolute Gasteiger partial charge is 0.413 e. The zero-order chi connectivity index (χ0) is 16.3. The Morgan fingerprint density at radius 1 is 1.36 bits per heavy atom. The number of amides is 1. The minimum absolute atomic E-state index is 0.105. The molecular weight excluding hydrogens is 290 g/mol. The fourth-order valence-electron chi connectivity index (χ4n) is 2.51. The van der Waals surface area contributed by atoms with Gasteiger partial charge in [0, 0.05) is 5.56 Å². The molecule has 2 unspecified atom stereocenters. The van der Waals surface area contributed by atoms with Crippen LogP contribution < -0.4 is 10.1 Å². The molecule has 2 atom stereocenters. The van der Waals surface area contributed by atoms with Crippen molar-refractivity contribution in [2.75, 3.05) is 13.7 Å². The standard InChI is InChI=1S/C15H17NO6/c1-4-21-13(18)15(9(2)12(17)20-3)10-7-5-6-8-11(10)22-14(19)16-15/h5-9H,4H2,1-3H3,(H,16,19). The molecule has 1 aromatic rings. The van der Waals surface area contributed by atoms with Gasteiger partial charge < -0.3 is 19.5 Å². The monoisotopic (exact) mass is 307 g/mol. The van der Waals surface area contributed by atoms with Crippen molar-refractivity contribution in [2.45, 2.75) is 19.4 Å². The Labute approximate surface area is 127 Å². The summed E-state index contributed by atoms with van der Waals surface area (Å²) in [6.45, 7) is 3.24. The first-order valence-electron chi connectivity index (χ1n) is 6.81. The number of nitrogens with one attached hydrogen (secondary N) is 1. The Morgan fingerprint density at radius 3 is 2.68 bits per heavy atom. The molecule has 2 rings (SSSR count). The van der Waals surface area contributed by atoms with Crippen LogP contribution in [-0.2, 0) is 24.6 Å². The molecule has 7 heteroatoms. The average Bonchev–Trinajstić information content (AvgIpc) is 2.52. The Kier molecular flexibility index (Phi) is 4.35. The third-order valence-electron chi connectivity index (χ3n) is 3.62. The minimum Gasteiger partial charge on any atom is -0.469 e. The van der Waals surface area contributed by atoms with E-state index in [1.54, 1.807) is 31.2 Å². The number of fused-ring (bicyclic) bond motifs is 1. The van der Waals surface area contributed by atoms with Crippen molar-refractivity contribution in [1.29, 1.82) is 0 Å². The van der Waals surface area contributed by atoms with Crippen LogP contribution in [0.4, 0.5) is 4.79 Å². The maximum atomic E-state index is 12.6. The van der Waals surface area contributed by atoms with Gasteiger partial charge in [-0.25, -0.2) is 9.59 Å². The number of methoxy groups -OCH3 is 1.